The Kier molecular flexibility index (Phi) is 4.71. The molecule has 1 aromatic carbocycles. The average Bonchev–Trinajstić information content (AvgIpc) is 2.37. The first-order valence-electron chi connectivity index (χ1n) is 5.36. The summed E-state index contributed by atoms with van der Waals surface area (Å²) in [5.41, 5.74) is 0.991. The zero-order valence-corrected chi connectivity index (χ0v) is 10.9. The minimum absolute atomic E-state index is 0.0196. The Hall–Kier alpha value is -2.04. The molecule has 0 saturated carbocycles. The molecule has 0 unspecified atom stereocenters. The zero-order valence-electron chi connectivity index (χ0n) is 10.9. The van der Waals surface area contributed by atoms with Crippen LogP contribution in [-0.4, -0.2) is 33.1 Å². The van der Waals surface area contributed by atoms with Gasteiger partial charge in [0.2, 0.25) is 0 Å². The van der Waals surface area contributed by atoms with Crippen LogP contribution in [0.3, 0.4) is 0 Å². The SMILES string of the molecule is COC(=O)Cc1cc(OC)c(OC)cc1C(C)=O. The maximum atomic E-state index is 11.6. The zero-order chi connectivity index (χ0) is 13.7. The molecule has 0 fully saturated rings. The summed E-state index contributed by atoms with van der Waals surface area (Å²) < 4.78 is 14.9. The van der Waals surface area contributed by atoms with E-state index < -0.39 is 5.97 Å². The third-order valence-electron chi connectivity index (χ3n) is 2.55. The molecule has 0 radical (unpaired) electrons. The molecule has 0 aliphatic heterocycles. The summed E-state index contributed by atoms with van der Waals surface area (Å²) in [5.74, 6) is 0.372. The molecule has 0 aliphatic rings. The predicted octanol–water partition coefficient (Wildman–Crippen LogP) is 1.62. The van der Waals surface area contributed by atoms with E-state index in [9.17, 15) is 9.59 Å². The van der Waals surface area contributed by atoms with Crippen LogP contribution in [0.2, 0.25) is 0 Å². The second kappa shape index (κ2) is 6.05. The lowest BCUT2D eigenvalue weighted by molar-refractivity contribution is -0.139. The Morgan fingerprint density at radius 2 is 1.61 bits per heavy atom. The predicted molar refractivity (Wildman–Crippen MR) is 65.3 cm³/mol. The fraction of sp³-hybridized carbons (Fsp3) is 0.385. The molecule has 1 rings (SSSR count). The van der Waals surface area contributed by atoms with Gasteiger partial charge in [-0.25, -0.2) is 0 Å². The number of carbonyl (C=O) groups is 2. The van der Waals surface area contributed by atoms with E-state index in [-0.39, 0.29) is 12.2 Å². The van der Waals surface area contributed by atoms with Gasteiger partial charge >= 0.3 is 5.97 Å². The standard InChI is InChI=1S/C13H16O5/c1-8(14)10-7-12(17-3)11(16-2)5-9(10)6-13(15)18-4/h5,7H,6H2,1-4H3. The molecule has 18 heavy (non-hydrogen) atoms. The van der Waals surface area contributed by atoms with Crippen LogP contribution in [0.1, 0.15) is 22.8 Å². The summed E-state index contributed by atoms with van der Waals surface area (Å²) in [5, 5.41) is 0. The van der Waals surface area contributed by atoms with Gasteiger partial charge in [-0.3, -0.25) is 9.59 Å². The molecule has 5 nitrogen and oxygen atoms in total. The molecule has 0 atom stereocenters. The van der Waals surface area contributed by atoms with E-state index in [1.165, 1.54) is 28.3 Å². The molecular formula is C13H16O5. The fourth-order valence-electron chi connectivity index (χ4n) is 1.62. The summed E-state index contributed by atoms with van der Waals surface area (Å²) >= 11 is 0. The van der Waals surface area contributed by atoms with Crippen molar-refractivity contribution >= 4 is 11.8 Å². The van der Waals surface area contributed by atoms with Gasteiger partial charge in [-0.05, 0) is 24.6 Å². The quantitative estimate of drug-likeness (QED) is 0.588. The van der Waals surface area contributed by atoms with Crippen molar-refractivity contribution in [2.24, 2.45) is 0 Å². The van der Waals surface area contributed by atoms with E-state index in [0.29, 0.717) is 22.6 Å². The Morgan fingerprint density at radius 1 is 1.06 bits per heavy atom. The number of carbonyl (C=O) groups excluding carboxylic acids is 2. The first-order valence-corrected chi connectivity index (χ1v) is 5.36. The molecule has 0 bridgehead atoms. The Labute approximate surface area is 106 Å². The largest absolute Gasteiger partial charge is 0.493 e. The van der Waals surface area contributed by atoms with Crippen molar-refractivity contribution in [2.45, 2.75) is 13.3 Å². The van der Waals surface area contributed by atoms with Crippen LogP contribution in [0.5, 0.6) is 11.5 Å². The topological polar surface area (TPSA) is 61.8 Å². The fourth-order valence-corrected chi connectivity index (χ4v) is 1.62. The van der Waals surface area contributed by atoms with Crippen molar-refractivity contribution in [3.8, 4) is 11.5 Å². The van der Waals surface area contributed by atoms with Gasteiger partial charge in [-0.15, -0.1) is 0 Å². The second-order valence-electron chi connectivity index (χ2n) is 3.67. The summed E-state index contributed by atoms with van der Waals surface area (Å²) in [6.07, 6.45) is 0.0196. The maximum Gasteiger partial charge on any atom is 0.310 e. The van der Waals surface area contributed by atoms with Crippen LogP contribution < -0.4 is 9.47 Å². The van der Waals surface area contributed by atoms with Crippen LogP contribution in [0.15, 0.2) is 12.1 Å². The highest BCUT2D eigenvalue weighted by Gasteiger charge is 2.16. The molecule has 0 heterocycles. The van der Waals surface area contributed by atoms with Gasteiger partial charge in [0.15, 0.2) is 17.3 Å². The molecule has 0 spiro atoms. The van der Waals surface area contributed by atoms with E-state index >= 15 is 0 Å². The van der Waals surface area contributed by atoms with E-state index in [2.05, 4.69) is 4.74 Å². The lowest BCUT2D eigenvalue weighted by atomic mass is 10.0. The van der Waals surface area contributed by atoms with Crippen molar-refractivity contribution in [2.75, 3.05) is 21.3 Å². The highest BCUT2D eigenvalue weighted by Crippen LogP contribution is 2.31. The molecule has 0 saturated heterocycles. The monoisotopic (exact) mass is 252 g/mol. The van der Waals surface area contributed by atoms with Gasteiger partial charge in [0, 0.05) is 5.56 Å². The normalized spacial score (nSPS) is 9.78. The number of methoxy groups -OCH3 is 3. The molecule has 98 valence electrons. The third-order valence-corrected chi connectivity index (χ3v) is 2.55. The van der Waals surface area contributed by atoms with Crippen molar-refractivity contribution in [1.29, 1.82) is 0 Å². The van der Waals surface area contributed by atoms with Crippen LogP contribution in [0, 0.1) is 0 Å². The van der Waals surface area contributed by atoms with E-state index in [1.807, 2.05) is 0 Å². The van der Waals surface area contributed by atoms with E-state index in [4.69, 9.17) is 9.47 Å². The minimum Gasteiger partial charge on any atom is -0.493 e. The second-order valence-corrected chi connectivity index (χ2v) is 3.67. The lowest BCUT2D eigenvalue weighted by Gasteiger charge is -2.12. The summed E-state index contributed by atoms with van der Waals surface area (Å²) in [6, 6.07) is 3.19. The molecule has 1 aromatic rings. The van der Waals surface area contributed by atoms with E-state index in [1.54, 1.807) is 12.1 Å². The van der Waals surface area contributed by atoms with Gasteiger partial charge in [0.05, 0.1) is 27.8 Å². The molecule has 0 aromatic heterocycles. The van der Waals surface area contributed by atoms with Gasteiger partial charge in [-0.1, -0.05) is 0 Å². The van der Waals surface area contributed by atoms with E-state index in [0.717, 1.165) is 0 Å². The molecule has 0 aliphatic carbocycles. The molecule has 0 N–H and O–H groups in total. The van der Waals surface area contributed by atoms with Crippen molar-refractivity contribution in [1.82, 2.24) is 0 Å². The van der Waals surface area contributed by atoms with Crippen molar-refractivity contribution in [3.05, 3.63) is 23.3 Å². The number of hydrogen-bond donors (Lipinski definition) is 0. The smallest absolute Gasteiger partial charge is 0.310 e. The maximum absolute atomic E-state index is 11.6. The lowest BCUT2D eigenvalue weighted by Crippen LogP contribution is -2.09. The number of hydrogen-bond acceptors (Lipinski definition) is 5. The summed E-state index contributed by atoms with van der Waals surface area (Å²) in [6.45, 7) is 1.43. The summed E-state index contributed by atoms with van der Waals surface area (Å²) in [4.78, 5) is 22.9. The average molecular weight is 252 g/mol. The molecule has 5 heteroatoms. The first kappa shape index (κ1) is 14.0. The van der Waals surface area contributed by atoms with Gasteiger partial charge in [0.25, 0.3) is 0 Å². The van der Waals surface area contributed by atoms with Crippen LogP contribution in [-0.2, 0) is 16.0 Å². The van der Waals surface area contributed by atoms with Gasteiger partial charge < -0.3 is 14.2 Å². The Morgan fingerprint density at radius 3 is 2.06 bits per heavy atom. The van der Waals surface area contributed by atoms with Gasteiger partial charge in [-0.2, -0.15) is 0 Å². The van der Waals surface area contributed by atoms with Crippen molar-refractivity contribution < 1.29 is 23.8 Å². The highest BCUT2D eigenvalue weighted by molar-refractivity contribution is 5.97. The van der Waals surface area contributed by atoms with Crippen LogP contribution >= 0.6 is 0 Å². The number of rotatable bonds is 5. The number of benzene rings is 1. The minimum atomic E-state index is -0.412. The van der Waals surface area contributed by atoms with Crippen LogP contribution in [0.4, 0.5) is 0 Å². The van der Waals surface area contributed by atoms with Crippen LogP contribution in [0.25, 0.3) is 0 Å². The number of esters is 1. The number of Topliss-reactive ketones (excluding diaryl/α,β-unsaturated/α-hetero) is 1. The molecular weight excluding hydrogens is 236 g/mol. The summed E-state index contributed by atoms with van der Waals surface area (Å²) in [7, 11) is 4.28. The Balaban J connectivity index is 3.28. The third kappa shape index (κ3) is 3.00. The van der Waals surface area contributed by atoms with Gasteiger partial charge in [0.1, 0.15) is 0 Å². The number of ether oxygens (including phenoxy) is 3. The Bertz CT molecular complexity index is 465. The molecule has 0 amide bonds. The highest BCUT2D eigenvalue weighted by atomic mass is 16.5. The van der Waals surface area contributed by atoms with Crippen molar-refractivity contribution in [3.63, 3.8) is 0 Å². The number of ketones is 1. The first-order chi connectivity index (χ1) is 8.53.